The van der Waals surface area contributed by atoms with Gasteiger partial charge in [0.15, 0.2) is 0 Å². The van der Waals surface area contributed by atoms with Gasteiger partial charge in [0, 0.05) is 11.3 Å². The summed E-state index contributed by atoms with van der Waals surface area (Å²) < 4.78 is 17.9. The highest BCUT2D eigenvalue weighted by Crippen LogP contribution is 2.19. The summed E-state index contributed by atoms with van der Waals surface area (Å²) in [6.07, 6.45) is 0. The molecule has 0 saturated heterocycles. The maximum absolute atomic E-state index is 12.9. The van der Waals surface area contributed by atoms with E-state index in [1.807, 2.05) is 0 Å². The summed E-state index contributed by atoms with van der Waals surface area (Å²) in [7, 11) is 0. The van der Waals surface area contributed by atoms with Crippen LogP contribution in [0, 0.1) is 5.82 Å². The van der Waals surface area contributed by atoms with Crippen LogP contribution in [0.1, 0.15) is 15.9 Å². The van der Waals surface area contributed by atoms with Crippen LogP contribution in [0.25, 0.3) is 0 Å². The number of halogens is 2. The van der Waals surface area contributed by atoms with E-state index >= 15 is 0 Å². The molecule has 0 bridgehead atoms. The van der Waals surface area contributed by atoms with Crippen molar-refractivity contribution in [3.63, 3.8) is 0 Å². The smallest absolute Gasteiger partial charge is 0.340 e. The van der Waals surface area contributed by atoms with E-state index in [-0.39, 0.29) is 11.6 Å². The predicted molar refractivity (Wildman–Crippen MR) is 71.4 cm³/mol. The first-order valence-corrected chi connectivity index (χ1v) is 5.91. The number of nitrogen functional groups attached to an aromatic ring is 1. The number of rotatable bonds is 3. The summed E-state index contributed by atoms with van der Waals surface area (Å²) in [6, 6.07) is 10.5. The molecule has 2 rings (SSSR count). The van der Waals surface area contributed by atoms with Crippen molar-refractivity contribution >= 4 is 23.3 Å². The van der Waals surface area contributed by atoms with E-state index in [0.717, 1.165) is 0 Å². The van der Waals surface area contributed by atoms with Crippen LogP contribution >= 0.6 is 11.6 Å². The molecule has 0 aliphatic heterocycles. The van der Waals surface area contributed by atoms with Gasteiger partial charge in [-0.05, 0) is 24.3 Å². The van der Waals surface area contributed by atoms with Crippen LogP contribution in [0.15, 0.2) is 42.5 Å². The highest BCUT2D eigenvalue weighted by molar-refractivity contribution is 6.31. The lowest BCUT2D eigenvalue weighted by Crippen LogP contribution is -2.08. The molecule has 98 valence electrons. The van der Waals surface area contributed by atoms with Gasteiger partial charge in [0.2, 0.25) is 0 Å². The van der Waals surface area contributed by atoms with Crippen molar-refractivity contribution in [1.29, 1.82) is 0 Å². The average Bonchev–Trinajstić information content (AvgIpc) is 2.38. The molecule has 0 saturated carbocycles. The molecule has 5 heteroatoms. The summed E-state index contributed by atoms with van der Waals surface area (Å²) in [5.41, 5.74) is 6.83. The summed E-state index contributed by atoms with van der Waals surface area (Å²) in [5, 5.41) is 0.217. The first-order valence-electron chi connectivity index (χ1n) is 5.53. The second-order valence-electron chi connectivity index (χ2n) is 3.90. The van der Waals surface area contributed by atoms with Crippen LogP contribution in [0.5, 0.6) is 0 Å². The fraction of sp³-hybridized carbons (Fsp3) is 0.0714. The molecule has 2 aromatic rings. The highest BCUT2D eigenvalue weighted by Gasteiger charge is 2.11. The Morgan fingerprint density at radius 2 is 2.00 bits per heavy atom. The second-order valence-corrected chi connectivity index (χ2v) is 4.31. The van der Waals surface area contributed by atoms with Gasteiger partial charge in [-0.15, -0.1) is 0 Å². The number of carbonyl (C=O) groups excluding carboxylic acids is 1. The fourth-order valence-corrected chi connectivity index (χ4v) is 1.76. The van der Waals surface area contributed by atoms with Crippen LogP contribution < -0.4 is 5.73 Å². The summed E-state index contributed by atoms with van der Waals surface area (Å²) >= 11 is 5.83. The molecule has 0 aliphatic carbocycles. The molecule has 0 unspecified atom stereocenters. The molecule has 0 aromatic heterocycles. The molecule has 0 fully saturated rings. The van der Waals surface area contributed by atoms with E-state index in [9.17, 15) is 9.18 Å². The first kappa shape index (κ1) is 13.4. The zero-order valence-electron chi connectivity index (χ0n) is 9.90. The van der Waals surface area contributed by atoms with E-state index in [1.165, 1.54) is 18.2 Å². The topological polar surface area (TPSA) is 52.3 Å². The minimum Gasteiger partial charge on any atom is -0.457 e. The lowest BCUT2D eigenvalue weighted by atomic mass is 10.2. The van der Waals surface area contributed by atoms with Crippen molar-refractivity contribution in [2.24, 2.45) is 0 Å². The van der Waals surface area contributed by atoms with Crippen molar-refractivity contribution in [3.8, 4) is 0 Å². The van der Waals surface area contributed by atoms with E-state index in [4.69, 9.17) is 22.1 Å². The van der Waals surface area contributed by atoms with E-state index in [2.05, 4.69) is 0 Å². The Hall–Kier alpha value is -2.07. The maximum atomic E-state index is 12.9. The molecular weight excluding hydrogens is 269 g/mol. The molecular formula is C14H11ClFNO2. The number of hydrogen-bond donors (Lipinski definition) is 1. The summed E-state index contributed by atoms with van der Waals surface area (Å²) in [6.45, 7) is -0.0354. The number of para-hydroxylation sites is 1. The zero-order valence-corrected chi connectivity index (χ0v) is 10.7. The third-order valence-electron chi connectivity index (χ3n) is 2.55. The normalized spacial score (nSPS) is 10.2. The van der Waals surface area contributed by atoms with Crippen molar-refractivity contribution in [3.05, 3.63) is 64.4 Å². The van der Waals surface area contributed by atoms with Crippen molar-refractivity contribution < 1.29 is 13.9 Å². The van der Waals surface area contributed by atoms with Gasteiger partial charge in [-0.2, -0.15) is 0 Å². The standard InChI is InChI=1S/C14H11ClFNO2/c15-12-7-10(16)6-5-9(12)8-19-14(18)11-3-1-2-4-13(11)17/h1-7H,8,17H2. The van der Waals surface area contributed by atoms with Crippen LogP contribution in [0.4, 0.5) is 10.1 Å². The average molecular weight is 280 g/mol. The van der Waals surface area contributed by atoms with E-state index in [1.54, 1.807) is 24.3 Å². The van der Waals surface area contributed by atoms with Crippen molar-refractivity contribution in [2.75, 3.05) is 5.73 Å². The lowest BCUT2D eigenvalue weighted by Gasteiger charge is -2.08. The minimum absolute atomic E-state index is 0.0354. The number of esters is 1. The Bertz CT molecular complexity index is 616. The lowest BCUT2D eigenvalue weighted by molar-refractivity contribution is 0.0474. The van der Waals surface area contributed by atoms with Crippen molar-refractivity contribution in [1.82, 2.24) is 0 Å². The Morgan fingerprint density at radius 3 is 2.68 bits per heavy atom. The molecule has 19 heavy (non-hydrogen) atoms. The van der Waals surface area contributed by atoms with Crippen LogP contribution in [-0.4, -0.2) is 5.97 Å². The third kappa shape index (κ3) is 3.23. The molecule has 0 heterocycles. The van der Waals surface area contributed by atoms with E-state index < -0.39 is 11.8 Å². The predicted octanol–water partition coefficient (Wildman–Crippen LogP) is 3.42. The molecule has 3 nitrogen and oxygen atoms in total. The zero-order chi connectivity index (χ0) is 13.8. The van der Waals surface area contributed by atoms with Crippen LogP contribution in [-0.2, 0) is 11.3 Å². The Morgan fingerprint density at radius 1 is 1.26 bits per heavy atom. The van der Waals surface area contributed by atoms with Gasteiger partial charge in [-0.3, -0.25) is 0 Å². The monoisotopic (exact) mass is 279 g/mol. The molecule has 2 aromatic carbocycles. The SMILES string of the molecule is Nc1ccccc1C(=O)OCc1ccc(F)cc1Cl. The quantitative estimate of drug-likeness (QED) is 0.692. The number of benzene rings is 2. The minimum atomic E-state index is -0.543. The van der Waals surface area contributed by atoms with Crippen molar-refractivity contribution in [2.45, 2.75) is 6.61 Å². The Balaban J connectivity index is 2.07. The van der Waals surface area contributed by atoms with Crippen LogP contribution in [0.3, 0.4) is 0 Å². The van der Waals surface area contributed by atoms with Gasteiger partial charge in [0.1, 0.15) is 12.4 Å². The third-order valence-corrected chi connectivity index (χ3v) is 2.91. The van der Waals surface area contributed by atoms with Gasteiger partial charge in [0.05, 0.1) is 10.6 Å². The molecule has 0 aliphatic rings. The van der Waals surface area contributed by atoms with Crippen LogP contribution in [0.2, 0.25) is 5.02 Å². The number of hydrogen-bond acceptors (Lipinski definition) is 3. The summed E-state index contributed by atoms with van der Waals surface area (Å²) in [4.78, 5) is 11.8. The van der Waals surface area contributed by atoms with Gasteiger partial charge in [0.25, 0.3) is 0 Å². The molecule has 0 spiro atoms. The Labute approximate surface area is 114 Å². The molecule has 2 N–H and O–H groups in total. The number of nitrogens with two attached hydrogens (primary N) is 1. The largest absolute Gasteiger partial charge is 0.457 e. The second kappa shape index (κ2) is 5.71. The maximum Gasteiger partial charge on any atom is 0.340 e. The number of carbonyl (C=O) groups is 1. The summed E-state index contributed by atoms with van der Waals surface area (Å²) in [5.74, 6) is -0.981. The fourth-order valence-electron chi connectivity index (χ4n) is 1.54. The van der Waals surface area contributed by atoms with Gasteiger partial charge >= 0.3 is 5.97 Å². The van der Waals surface area contributed by atoms with Gasteiger partial charge < -0.3 is 10.5 Å². The Kier molecular flexibility index (Phi) is 4.02. The molecule has 0 radical (unpaired) electrons. The van der Waals surface area contributed by atoms with Gasteiger partial charge in [-0.25, -0.2) is 9.18 Å². The molecule has 0 amide bonds. The van der Waals surface area contributed by atoms with Gasteiger partial charge in [-0.1, -0.05) is 29.8 Å². The number of ether oxygens (including phenoxy) is 1. The highest BCUT2D eigenvalue weighted by atomic mass is 35.5. The van der Waals surface area contributed by atoms with E-state index in [0.29, 0.717) is 16.8 Å². The molecule has 0 atom stereocenters. The number of anilines is 1. The first-order chi connectivity index (χ1) is 9.08.